The first-order chi connectivity index (χ1) is 45.6. The highest BCUT2D eigenvalue weighted by Crippen LogP contribution is 2.34. The fourth-order valence-corrected chi connectivity index (χ4v) is 12.2. The van der Waals surface area contributed by atoms with E-state index in [0.717, 1.165) is 0 Å². The Morgan fingerprint density at radius 1 is 0.531 bits per heavy atom. The molecule has 19 N–H and O–H groups in total. The molecule has 2 saturated carbocycles. The third kappa shape index (κ3) is 22.6. The van der Waals surface area contributed by atoms with Gasteiger partial charge in [0.05, 0.1) is 70.2 Å². The summed E-state index contributed by atoms with van der Waals surface area (Å²) in [4.78, 5) is 95.7. The van der Waals surface area contributed by atoms with E-state index < -0.39 is 214 Å². The van der Waals surface area contributed by atoms with Crippen molar-refractivity contribution in [3.05, 3.63) is 0 Å². The Balaban J connectivity index is 1.09. The highest BCUT2D eigenvalue weighted by Gasteiger charge is 2.53. The van der Waals surface area contributed by atoms with E-state index in [0.29, 0.717) is 11.5 Å². The highest BCUT2D eigenvalue weighted by atomic mass is 16.8. The van der Waals surface area contributed by atoms with Gasteiger partial charge in [-0.2, -0.15) is 0 Å². The summed E-state index contributed by atoms with van der Waals surface area (Å²) in [5.74, 6) is -6.37. The number of aliphatic hydroxyl groups excluding tert-OH is 15. The second-order valence-corrected chi connectivity index (χ2v) is 25.7. The van der Waals surface area contributed by atoms with Crippen LogP contribution in [0.15, 0.2) is 0 Å². The molecule has 96 heavy (non-hydrogen) atoms. The molecule has 6 rings (SSSR count). The maximum Gasteiger partial charge on any atom is 0.333 e. The topological polar surface area (TPSA) is 557 Å². The summed E-state index contributed by atoms with van der Waals surface area (Å²) in [6.45, 7) is 2.22. The first kappa shape index (κ1) is 80.7. The first-order valence-electron chi connectivity index (χ1n) is 32.8. The van der Waals surface area contributed by atoms with Crippen LogP contribution in [0.1, 0.15) is 104 Å². The zero-order valence-corrected chi connectivity index (χ0v) is 54.0. The van der Waals surface area contributed by atoms with Crippen LogP contribution < -0.4 is 21.3 Å². The van der Waals surface area contributed by atoms with E-state index in [9.17, 15) is 110 Å². The van der Waals surface area contributed by atoms with Crippen LogP contribution in [0, 0.1) is 23.7 Å². The number of ether oxygens (including phenoxy) is 8. The Morgan fingerprint density at radius 2 is 1.07 bits per heavy atom. The monoisotopic (exact) mass is 1390 g/mol. The van der Waals surface area contributed by atoms with Crippen molar-refractivity contribution < 1.29 is 153 Å². The number of Topliss-reactive ketones (excluding diaryl/α,β-unsaturated/α-hetero) is 1. The van der Waals surface area contributed by atoms with Gasteiger partial charge in [0.2, 0.25) is 17.7 Å². The highest BCUT2D eigenvalue weighted by molar-refractivity contribution is 6.01. The molecule has 36 nitrogen and oxygen atoms in total. The van der Waals surface area contributed by atoms with E-state index in [1.165, 1.54) is 0 Å². The van der Waals surface area contributed by atoms with Crippen LogP contribution in [0.2, 0.25) is 0 Å². The molecular weight excluding hydrogens is 1290 g/mol. The number of hydrogen-bond acceptors (Lipinski definition) is 32. The number of aliphatic hydroxyl groups is 15. The molecule has 0 aromatic carbocycles. The molecule has 0 radical (unpaired) electrons. The van der Waals surface area contributed by atoms with Gasteiger partial charge in [0.25, 0.3) is 11.8 Å². The quantitative estimate of drug-likeness (QED) is 0.0203. The largest absolute Gasteiger partial charge is 0.394 e. The lowest BCUT2D eigenvalue weighted by molar-refractivity contribution is -0.366. The average Bonchev–Trinajstić information content (AvgIpc) is 0.837. The van der Waals surface area contributed by atoms with Gasteiger partial charge in [-0.05, 0) is 50.4 Å². The van der Waals surface area contributed by atoms with Gasteiger partial charge in [-0.25, -0.2) is 4.79 Å². The Labute approximate surface area is 553 Å². The molecule has 6 aliphatic rings. The van der Waals surface area contributed by atoms with Crippen LogP contribution in [0.5, 0.6) is 0 Å². The van der Waals surface area contributed by atoms with E-state index in [2.05, 4.69) is 21.3 Å². The van der Waals surface area contributed by atoms with Crippen molar-refractivity contribution >= 4 is 41.3 Å². The van der Waals surface area contributed by atoms with Gasteiger partial charge in [-0.15, -0.1) is 5.06 Å². The third-order valence-corrected chi connectivity index (χ3v) is 18.4. The van der Waals surface area contributed by atoms with E-state index in [1.807, 2.05) is 0 Å². The molecule has 0 aromatic rings. The normalized spacial score (nSPS) is 37.2. The molecule has 552 valence electrons. The maximum atomic E-state index is 14.0. The molecule has 0 spiro atoms. The smallest absolute Gasteiger partial charge is 0.333 e. The predicted octanol–water partition coefficient (Wildman–Crippen LogP) is -8.65. The van der Waals surface area contributed by atoms with Crippen LogP contribution in [0.4, 0.5) is 0 Å². The second-order valence-electron chi connectivity index (χ2n) is 25.7. The van der Waals surface area contributed by atoms with Crippen LogP contribution in [-0.2, 0) is 76.3 Å². The molecule has 4 saturated heterocycles. The Hall–Kier alpha value is -4.27. The zero-order valence-electron chi connectivity index (χ0n) is 54.0. The first-order valence-corrected chi connectivity index (χ1v) is 32.8. The fourth-order valence-electron chi connectivity index (χ4n) is 12.2. The van der Waals surface area contributed by atoms with Crippen LogP contribution in [-0.4, -0.2) is 330 Å². The number of unbranched alkanes of at least 4 members (excludes halogenated alkanes) is 1. The molecule has 4 heterocycles. The lowest BCUT2D eigenvalue weighted by Crippen LogP contribution is -2.65. The lowest BCUT2D eigenvalue weighted by Gasteiger charge is -2.46. The minimum atomic E-state index is -2.00. The summed E-state index contributed by atoms with van der Waals surface area (Å²) in [5.41, 5.74) is 0. The number of hydrogen-bond donors (Lipinski definition) is 19. The van der Waals surface area contributed by atoms with Gasteiger partial charge in [-0.1, -0.05) is 20.8 Å². The maximum absolute atomic E-state index is 14.0. The Bertz CT molecular complexity index is 2440. The summed E-state index contributed by atoms with van der Waals surface area (Å²) >= 11 is 0. The van der Waals surface area contributed by atoms with Gasteiger partial charge >= 0.3 is 5.97 Å². The summed E-state index contributed by atoms with van der Waals surface area (Å²) in [6, 6.07) is -0.834. The van der Waals surface area contributed by atoms with E-state index in [-0.39, 0.29) is 135 Å². The summed E-state index contributed by atoms with van der Waals surface area (Å²) < 4.78 is 45.7. The fraction of sp³-hybridized carbons (Fsp3) is 0.883. The summed E-state index contributed by atoms with van der Waals surface area (Å²) in [7, 11) is 0. The van der Waals surface area contributed by atoms with Crippen molar-refractivity contribution in [2.75, 3.05) is 65.8 Å². The van der Waals surface area contributed by atoms with Crippen LogP contribution >= 0.6 is 0 Å². The summed E-state index contributed by atoms with van der Waals surface area (Å²) in [6.07, 6.45) is -34.5. The molecule has 6 fully saturated rings. The van der Waals surface area contributed by atoms with Gasteiger partial charge in [0.15, 0.2) is 18.9 Å². The standard InChI is InChI=1S/C60H101N5O31/c1-27-20-33(29(3)45(76)43(27)74)88-19-16-63-57(87)30(8-11-38(69)62-15-18-89-34-21-28(2)44(75)50(81)46(34)77)22-32(68)10-9-31(64-39(70)6-4-5-7-42(73)96-65-40(71)12-13-41(65)72)23-61-14-17-90-59-55(86)56(95-60-54(85)52(83)48(79)36(25-67)93-60)49(80)37(94-59)26-91-58-53(84)51(82)47(78)35(24-66)92-58/h27-31,33-37,43-56,58-61,66-67,74-86H,4-26H2,1-3H3,(H,62,69)(H,63,87)(H,64,70)/t27-,28-,29-,30-,31+,33-,34-,35-,36-,37-,43-,44-,45+,46-,47-,48-,49-,50-,51+,52+,53+,54+,55+,56+,58+,59+,60-/m1/s1. The van der Waals surface area contributed by atoms with Crippen molar-refractivity contribution in [2.24, 2.45) is 23.7 Å². The van der Waals surface area contributed by atoms with Crippen LogP contribution in [0.3, 0.4) is 0 Å². The van der Waals surface area contributed by atoms with Crippen molar-refractivity contribution in [2.45, 2.75) is 245 Å². The van der Waals surface area contributed by atoms with E-state index in [1.54, 1.807) is 20.8 Å². The molecule has 4 aliphatic heterocycles. The van der Waals surface area contributed by atoms with Crippen LogP contribution in [0.25, 0.3) is 0 Å². The minimum Gasteiger partial charge on any atom is -0.394 e. The predicted molar refractivity (Wildman–Crippen MR) is 319 cm³/mol. The van der Waals surface area contributed by atoms with Gasteiger partial charge in [-0.3, -0.25) is 28.8 Å². The molecule has 5 amide bonds. The van der Waals surface area contributed by atoms with Crippen molar-refractivity contribution in [3.63, 3.8) is 0 Å². The zero-order chi connectivity index (χ0) is 70.7. The van der Waals surface area contributed by atoms with Gasteiger partial charge < -0.3 is 141 Å². The number of hydroxylamine groups is 2. The molecule has 36 heteroatoms. The molecule has 27 atom stereocenters. The number of amides is 5. The van der Waals surface area contributed by atoms with E-state index in [4.69, 9.17) is 42.7 Å². The third-order valence-electron chi connectivity index (χ3n) is 18.4. The number of rotatable bonds is 37. The number of ketones is 1. The molecule has 0 aromatic heterocycles. The molecular formula is C60H101N5O31. The van der Waals surface area contributed by atoms with Crippen molar-refractivity contribution in [1.29, 1.82) is 0 Å². The lowest BCUT2D eigenvalue weighted by atomic mass is 9.77. The summed E-state index contributed by atoms with van der Waals surface area (Å²) in [5, 5.41) is 169. The van der Waals surface area contributed by atoms with E-state index >= 15 is 0 Å². The average molecular weight is 1390 g/mol. The molecule has 0 unspecified atom stereocenters. The van der Waals surface area contributed by atoms with Crippen molar-refractivity contribution in [1.82, 2.24) is 26.3 Å². The Morgan fingerprint density at radius 3 is 1.72 bits per heavy atom. The van der Waals surface area contributed by atoms with Crippen molar-refractivity contribution in [3.8, 4) is 0 Å². The van der Waals surface area contributed by atoms with Gasteiger partial charge in [0.1, 0.15) is 91.2 Å². The second kappa shape index (κ2) is 39.1. The SMILES string of the molecule is C[C@H]1[C@H](O)[C@H](O)[C@H](C)C[C@H]1OCCNC(=O)[C@H](CCC(=O)NCCO[C@@H]1C[C@@H](C)[C@@H](O)[C@@H](O)[C@@H]1O)CC(=O)CC[C@@H](CNCCO[C@H]1O[C@H](CO[C@H]2O[C@H](CO)[C@@H](O)[C@H](O)[C@@H]2O)[C@@H](O)[C@H](O[C@H]2O[C@H](CO)[C@@H](O)[C@H](O)[C@@H]2O)[C@@H]1O)NC(=O)CCCCC(=O)ON1C(=O)CCC1=O. The molecule has 2 aliphatic carbocycles. The number of carbonyl (C=O) groups is 7. The minimum absolute atomic E-state index is 0.00782. The Kier molecular flexibility index (Phi) is 32.8. The number of imide groups is 1. The number of nitrogens with zero attached hydrogens (tertiary/aromatic N) is 1. The molecule has 0 bridgehead atoms. The number of carbonyl (C=O) groups excluding carboxylic acids is 7. The number of nitrogens with one attached hydrogen (secondary N) is 4. The van der Waals surface area contributed by atoms with Gasteiger partial charge in [0, 0.05) is 89.0 Å².